The molecule has 3 saturated heterocycles. The van der Waals surface area contributed by atoms with Gasteiger partial charge in [-0.15, -0.1) is 0 Å². The standard InChI is InChI=1S/C10H18N6O10P2/c11-8-10-9(13-2-12-8)15(3-16(10)14-10)7-6(18)5(17)4(25-7)1-24-28(22,23)26-27(19,20)21/h2,4-8,14,17-18H,1,3,11H2,(H,22,23)(H2,19,20,21)/t4-,5-,6-,7-,8?,10-,16?/m1/s1. The molecule has 158 valence electrons. The maximum absolute atomic E-state index is 11.5. The van der Waals surface area contributed by atoms with Crippen molar-refractivity contribution in [3.8, 4) is 0 Å². The molecule has 28 heavy (non-hydrogen) atoms. The van der Waals surface area contributed by atoms with Crippen LogP contribution in [0.3, 0.4) is 0 Å². The van der Waals surface area contributed by atoms with Gasteiger partial charge in [0.25, 0.3) is 0 Å². The minimum atomic E-state index is -5.28. The number of amidine groups is 1. The van der Waals surface area contributed by atoms with E-state index in [1.54, 1.807) is 9.91 Å². The number of aliphatic imine (C=N–C) groups is 2. The van der Waals surface area contributed by atoms with Crippen LogP contribution in [0.5, 0.6) is 0 Å². The summed E-state index contributed by atoms with van der Waals surface area (Å²) in [5, 5.41) is 22.2. The number of nitrogens with zero attached hydrogens (tertiary/aromatic N) is 4. The highest BCUT2D eigenvalue weighted by Gasteiger charge is 2.70. The van der Waals surface area contributed by atoms with E-state index in [0.717, 1.165) is 0 Å². The molecule has 3 unspecified atom stereocenters. The zero-order chi connectivity index (χ0) is 20.5. The number of rotatable bonds is 6. The SMILES string of the molecule is NC1N=CN=C2N([C@@H]3O[C@H](COP(=O)(O)OP(=O)(O)O)[C@@H](O)[C@H]3O)CN3N[C@]213. The zero-order valence-electron chi connectivity index (χ0n) is 13.9. The van der Waals surface area contributed by atoms with Crippen molar-refractivity contribution >= 4 is 27.8 Å². The summed E-state index contributed by atoms with van der Waals surface area (Å²) in [5.41, 5.74) is 8.18. The first kappa shape index (κ1) is 20.4. The van der Waals surface area contributed by atoms with Crippen molar-refractivity contribution in [3.05, 3.63) is 0 Å². The average molecular weight is 444 g/mol. The van der Waals surface area contributed by atoms with Crippen LogP contribution in [0.4, 0.5) is 0 Å². The Morgan fingerprint density at radius 2 is 2.07 bits per heavy atom. The normalized spacial score (nSPS) is 44.1. The molecule has 0 saturated carbocycles. The Hall–Kier alpha value is -0.840. The summed E-state index contributed by atoms with van der Waals surface area (Å²) < 4.78 is 35.9. The lowest BCUT2D eigenvalue weighted by atomic mass is 10.1. The Bertz CT molecular complexity index is 821. The smallest absolute Gasteiger partial charge is 0.387 e. The van der Waals surface area contributed by atoms with Gasteiger partial charge in [0.05, 0.1) is 13.3 Å². The monoisotopic (exact) mass is 444 g/mol. The topological polar surface area (TPSA) is 242 Å². The minimum absolute atomic E-state index is 0.206. The molecule has 0 aliphatic carbocycles. The van der Waals surface area contributed by atoms with Crippen LogP contribution in [0.2, 0.25) is 0 Å². The second kappa shape index (κ2) is 6.58. The molecule has 0 aromatic carbocycles. The fourth-order valence-corrected chi connectivity index (χ4v) is 4.99. The fourth-order valence-electron chi connectivity index (χ4n) is 3.39. The first-order chi connectivity index (χ1) is 12.9. The molecule has 4 aliphatic heterocycles. The summed E-state index contributed by atoms with van der Waals surface area (Å²) in [6.45, 7) is -0.575. The molecule has 8 N–H and O–H groups in total. The van der Waals surface area contributed by atoms with Crippen molar-refractivity contribution in [1.29, 1.82) is 0 Å². The van der Waals surface area contributed by atoms with Gasteiger partial charge in [-0.25, -0.2) is 19.5 Å². The molecule has 3 fully saturated rings. The molecule has 4 aliphatic rings. The Morgan fingerprint density at radius 3 is 2.75 bits per heavy atom. The van der Waals surface area contributed by atoms with Gasteiger partial charge in [-0.2, -0.15) is 9.32 Å². The molecular formula is C10H18N6O10P2. The van der Waals surface area contributed by atoms with Gasteiger partial charge in [-0.1, -0.05) is 0 Å². The summed E-state index contributed by atoms with van der Waals surface area (Å²) in [6.07, 6.45) is -4.72. The highest BCUT2D eigenvalue weighted by atomic mass is 31.3. The number of phosphoric acid groups is 2. The Kier molecular flexibility index (Phi) is 4.80. The van der Waals surface area contributed by atoms with E-state index >= 15 is 0 Å². The predicted molar refractivity (Wildman–Crippen MR) is 87.9 cm³/mol. The number of hydrogen-bond acceptors (Lipinski definition) is 13. The zero-order valence-corrected chi connectivity index (χ0v) is 15.7. The van der Waals surface area contributed by atoms with Crippen molar-refractivity contribution in [3.63, 3.8) is 0 Å². The molecule has 4 rings (SSSR count). The summed E-state index contributed by atoms with van der Waals surface area (Å²) in [4.78, 5) is 36.2. The van der Waals surface area contributed by atoms with E-state index < -0.39 is 58.6 Å². The van der Waals surface area contributed by atoms with Gasteiger partial charge in [-0.05, 0) is 0 Å². The third-order valence-electron chi connectivity index (χ3n) is 4.68. The molecule has 0 aromatic rings. The van der Waals surface area contributed by atoms with Gasteiger partial charge < -0.3 is 40.3 Å². The summed E-state index contributed by atoms with van der Waals surface area (Å²) in [6, 6.07) is 0. The Morgan fingerprint density at radius 1 is 1.36 bits per heavy atom. The van der Waals surface area contributed by atoms with E-state index in [-0.39, 0.29) is 6.67 Å². The number of phosphoric ester groups is 1. The maximum Gasteiger partial charge on any atom is 0.481 e. The molecule has 0 aromatic heterocycles. The molecule has 16 nitrogen and oxygen atoms in total. The first-order valence-electron chi connectivity index (χ1n) is 7.88. The molecule has 0 bridgehead atoms. The number of nitrogens with two attached hydrogens (primary N) is 1. The second-order valence-electron chi connectivity index (χ2n) is 6.46. The number of ether oxygens (including phenoxy) is 1. The van der Waals surface area contributed by atoms with E-state index in [4.69, 9.17) is 20.3 Å². The summed E-state index contributed by atoms with van der Waals surface area (Å²) >= 11 is 0. The molecule has 0 amide bonds. The third kappa shape index (κ3) is 3.36. The highest BCUT2D eigenvalue weighted by molar-refractivity contribution is 7.60. The van der Waals surface area contributed by atoms with Gasteiger partial charge in [0.2, 0.25) is 0 Å². The van der Waals surface area contributed by atoms with Gasteiger partial charge in [-0.3, -0.25) is 9.52 Å². The molecule has 8 atom stereocenters. The lowest BCUT2D eigenvalue weighted by Gasteiger charge is -2.31. The number of hydrazine groups is 1. The van der Waals surface area contributed by atoms with Crippen LogP contribution in [-0.2, 0) is 22.7 Å². The van der Waals surface area contributed by atoms with E-state index in [1.165, 1.54) is 6.34 Å². The Labute approximate surface area is 157 Å². The number of aliphatic hydroxyl groups excluding tert-OH is 2. The number of aliphatic hydroxyl groups is 2. The van der Waals surface area contributed by atoms with Crippen LogP contribution in [0.15, 0.2) is 9.98 Å². The van der Waals surface area contributed by atoms with Crippen molar-refractivity contribution in [2.24, 2.45) is 15.7 Å². The van der Waals surface area contributed by atoms with E-state index in [9.17, 15) is 24.2 Å². The second-order valence-corrected chi connectivity index (χ2v) is 9.29. The molecule has 1 spiro atoms. The minimum Gasteiger partial charge on any atom is -0.387 e. The quantitative estimate of drug-likeness (QED) is 0.153. The van der Waals surface area contributed by atoms with Crippen molar-refractivity contribution in [2.75, 3.05) is 13.3 Å². The van der Waals surface area contributed by atoms with Crippen molar-refractivity contribution < 1.29 is 47.6 Å². The lowest BCUT2D eigenvalue weighted by Crippen LogP contribution is -2.55. The van der Waals surface area contributed by atoms with Crippen LogP contribution in [0, 0.1) is 0 Å². The highest BCUT2D eigenvalue weighted by Crippen LogP contribution is 2.57. The van der Waals surface area contributed by atoms with Crippen molar-refractivity contribution in [1.82, 2.24) is 15.3 Å². The Balaban J connectivity index is 1.43. The van der Waals surface area contributed by atoms with Gasteiger partial charge in [0, 0.05) is 0 Å². The molecule has 0 radical (unpaired) electrons. The predicted octanol–water partition coefficient (Wildman–Crippen LogP) is -3.83. The molecule has 4 heterocycles. The van der Waals surface area contributed by atoms with Crippen LogP contribution >= 0.6 is 15.6 Å². The van der Waals surface area contributed by atoms with Crippen LogP contribution in [-0.4, -0.2) is 96.6 Å². The average Bonchev–Trinajstić information content (AvgIpc) is 3.08. The molecule has 18 heteroatoms. The first-order valence-corrected chi connectivity index (χ1v) is 10.9. The summed E-state index contributed by atoms with van der Waals surface area (Å²) in [5.74, 6) is 0.422. The number of nitrogens with one attached hydrogen (secondary N) is 1. The van der Waals surface area contributed by atoms with Gasteiger partial charge >= 0.3 is 15.6 Å². The maximum atomic E-state index is 11.5. The van der Waals surface area contributed by atoms with Crippen LogP contribution in [0.1, 0.15) is 0 Å². The van der Waals surface area contributed by atoms with E-state index in [2.05, 4.69) is 24.2 Å². The van der Waals surface area contributed by atoms with Crippen LogP contribution < -0.4 is 11.2 Å². The van der Waals surface area contributed by atoms with Gasteiger partial charge in [0.1, 0.15) is 30.8 Å². The number of hydrogen-bond donors (Lipinski definition) is 7. The lowest BCUT2D eigenvalue weighted by molar-refractivity contribution is -0.0739. The largest absolute Gasteiger partial charge is 0.481 e. The van der Waals surface area contributed by atoms with Crippen LogP contribution in [0.25, 0.3) is 0 Å². The fraction of sp³-hybridized carbons (Fsp3) is 0.800. The third-order valence-corrected chi connectivity index (χ3v) is 6.83. The van der Waals surface area contributed by atoms with E-state index in [0.29, 0.717) is 5.84 Å². The van der Waals surface area contributed by atoms with Crippen molar-refractivity contribution in [2.45, 2.75) is 36.4 Å². The van der Waals surface area contributed by atoms with Gasteiger partial charge in [0.15, 0.2) is 17.7 Å². The molecular weight excluding hydrogens is 426 g/mol. The van der Waals surface area contributed by atoms with E-state index in [1.807, 2.05) is 0 Å². The summed E-state index contributed by atoms with van der Waals surface area (Å²) in [7, 11) is -10.4.